The van der Waals surface area contributed by atoms with Gasteiger partial charge in [-0.05, 0) is 55.5 Å². The van der Waals surface area contributed by atoms with Crippen molar-refractivity contribution in [3.63, 3.8) is 0 Å². The Labute approximate surface area is 155 Å². The average molecular weight is 391 g/mol. The second kappa shape index (κ2) is 7.71. The molecule has 0 unspecified atom stereocenters. The molecule has 0 bridgehead atoms. The van der Waals surface area contributed by atoms with Gasteiger partial charge in [-0.2, -0.15) is 0 Å². The van der Waals surface area contributed by atoms with Gasteiger partial charge in [0.15, 0.2) is 0 Å². The fraction of sp³-hybridized carbons (Fsp3) is 0.176. The first-order valence-electron chi connectivity index (χ1n) is 7.75. The molecule has 1 aromatic heterocycles. The topological polar surface area (TPSA) is 90.4 Å². The Balaban J connectivity index is 1.76. The molecule has 9 heteroatoms. The molecule has 0 spiro atoms. The highest BCUT2D eigenvalue weighted by Gasteiger charge is 2.17. The van der Waals surface area contributed by atoms with Gasteiger partial charge in [-0.15, -0.1) is 10.2 Å². The smallest absolute Gasteiger partial charge is 0.263 e. The largest absolute Gasteiger partial charge is 0.497 e. The zero-order chi connectivity index (χ0) is 18.6. The van der Waals surface area contributed by atoms with E-state index in [9.17, 15) is 8.42 Å². The van der Waals surface area contributed by atoms with E-state index in [-0.39, 0.29) is 10.0 Å². The van der Waals surface area contributed by atoms with E-state index in [0.717, 1.165) is 22.6 Å². The number of methoxy groups -OCH3 is 1. The average Bonchev–Trinajstić information content (AvgIpc) is 3.10. The first-order valence-corrected chi connectivity index (χ1v) is 10.1. The third kappa shape index (κ3) is 4.12. The molecule has 0 fully saturated rings. The lowest BCUT2D eigenvalue weighted by Gasteiger charge is -2.06. The van der Waals surface area contributed by atoms with Crippen molar-refractivity contribution in [3.8, 4) is 22.1 Å². The molecule has 136 valence electrons. The number of nitrogens with one attached hydrogen (secondary N) is 1. The van der Waals surface area contributed by atoms with E-state index in [1.165, 1.54) is 12.1 Å². The van der Waals surface area contributed by atoms with E-state index in [4.69, 9.17) is 9.47 Å². The minimum Gasteiger partial charge on any atom is -0.497 e. The molecule has 0 aliphatic carbocycles. The first kappa shape index (κ1) is 18.2. The van der Waals surface area contributed by atoms with E-state index in [0.29, 0.717) is 17.4 Å². The van der Waals surface area contributed by atoms with Crippen LogP contribution in [0.2, 0.25) is 0 Å². The molecular formula is C17H17N3O4S2. The molecule has 1 N–H and O–H groups in total. The minimum absolute atomic E-state index is 0.127. The highest BCUT2D eigenvalue weighted by molar-refractivity contribution is 7.93. The van der Waals surface area contributed by atoms with Crippen LogP contribution in [0.4, 0.5) is 5.13 Å². The van der Waals surface area contributed by atoms with E-state index in [1.54, 1.807) is 31.4 Å². The van der Waals surface area contributed by atoms with Crippen molar-refractivity contribution in [2.75, 3.05) is 18.4 Å². The van der Waals surface area contributed by atoms with Crippen LogP contribution >= 0.6 is 11.3 Å². The second-order valence-electron chi connectivity index (χ2n) is 5.15. The van der Waals surface area contributed by atoms with E-state index >= 15 is 0 Å². The van der Waals surface area contributed by atoms with E-state index < -0.39 is 10.0 Å². The molecular weight excluding hydrogens is 374 g/mol. The standard InChI is InChI=1S/C17H17N3O4S2/c1-3-24-14-8-10-15(11-9-14)26(21,22)20-17-19-18-16(25-17)12-4-6-13(23-2)7-5-12/h4-11H,3H2,1-2H3,(H,19,20). The highest BCUT2D eigenvalue weighted by Crippen LogP contribution is 2.29. The lowest BCUT2D eigenvalue weighted by atomic mass is 10.2. The van der Waals surface area contributed by atoms with Crippen LogP contribution in [0.5, 0.6) is 11.5 Å². The van der Waals surface area contributed by atoms with Crippen molar-refractivity contribution in [3.05, 3.63) is 48.5 Å². The van der Waals surface area contributed by atoms with E-state index in [2.05, 4.69) is 14.9 Å². The summed E-state index contributed by atoms with van der Waals surface area (Å²) < 4.78 is 37.8. The number of nitrogens with zero attached hydrogens (tertiary/aromatic N) is 2. The van der Waals surface area contributed by atoms with Gasteiger partial charge in [0.25, 0.3) is 10.0 Å². The van der Waals surface area contributed by atoms with Gasteiger partial charge in [0.2, 0.25) is 5.13 Å². The molecule has 1 heterocycles. The molecule has 0 aliphatic rings. The fourth-order valence-electron chi connectivity index (χ4n) is 2.17. The van der Waals surface area contributed by atoms with Gasteiger partial charge in [0.1, 0.15) is 16.5 Å². The fourth-order valence-corrected chi connectivity index (χ4v) is 4.15. The van der Waals surface area contributed by atoms with Crippen LogP contribution in [0.15, 0.2) is 53.4 Å². The lowest BCUT2D eigenvalue weighted by Crippen LogP contribution is -2.12. The molecule has 0 saturated carbocycles. The molecule has 26 heavy (non-hydrogen) atoms. The summed E-state index contributed by atoms with van der Waals surface area (Å²) in [5.41, 5.74) is 0.829. The Morgan fingerprint density at radius 3 is 2.27 bits per heavy atom. The van der Waals surface area contributed by atoms with Crippen molar-refractivity contribution in [1.29, 1.82) is 0 Å². The summed E-state index contributed by atoms with van der Waals surface area (Å²) in [6.45, 7) is 2.38. The maximum absolute atomic E-state index is 12.5. The van der Waals surface area contributed by atoms with Crippen LogP contribution in [0.3, 0.4) is 0 Å². The van der Waals surface area contributed by atoms with Crippen LogP contribution in [0, 0.1) is 0 Å². The molecule has 0 aliphatic heterocycles. The molecule has 7 nitrogen and oxygen atoms in total. The number of benzene rings is 2. The molecule has 3 rings (SSSR count). The van der Waals surface area contributed by atoms with Crippen LogP contribution in [-0.4, -0.2) is 32.3 Å². The maximum Gasteiger partial charge on any atom is 0.263 e. The lowest BCUT2D eigenvalue weighted by molar-refractivity contribution is 0.340. The molecule has 0 radical (unpaired) electrons. The first-order chi connectivity index (χ1) is 12.5. The summed E-state index contributed by atoms with van der Waals surface area (Å²) in [5.74, 6) is 1.35. The third-order valence-corrected chi connectivity index (χ3v) is 5.80. The monoisotopic (exact) mass is 391 g/mol. The van der Waals surface area contributed by atoms with Crippen molar-refractivity contribution in [2.24, 2.45) is 0 Å². The summed E-state index contributed by atoms with van der Waals surface area (Å²) in [5, 5.41) is 8.76. The Hall–Kier alpha value is -2.65. The number of anilines is 1. The highest BCUT2D eigenvalue weighted by atomic mass is 32.2. The normalized spacial score (nSPS) is 11.2. The molecule has 0 atom stereocenters. The van der Waals surface area contributed by atoms with Gasteiger partial charge in [-0.25, -0.2) is 8.42 Å². The zero-order valence-corrected chi connectivity index (χ0v) is 15.8. The zero-order valence-electron chi connectivity index (χ0n) is 14.2. The van der Waals surface area contributed by atoms with E-state index in [1.807, 2.05) is 19.1 Å². The number of aromatic nitrogens is 2. The van der Waals surface area contributed by atoms with Crippen molar-refractivity contribution in [2.45, 2.75) is 11.8 Å². The number of hydrogen-bond acceptors (Lipinski definition) is 7. The van der Waals surface area contributed by atoms with Gasteiger partial charge in [-0.3, -0.25) is 4.72 Å². The molecule has 2 aromatic carbocycles. The van der Waals surface area contributed by atoms with Gasteiger partial charge in [-0.1, -0.05) is 11.3 Å². The Bertz CT molecular complexity index is 968. The molecule has 0 saturated heterocycles. The van der Waals surface area contributed by atoms with Crippen LogP contribution < -0.4 is 14.2 Å². The van der Waals surface area contributed by atoms with Crippen LogP contribution in [0.1, 0.15) is 6.92 Å². The van der Waals surface area contributed by atoms with Crippen LogP contribution in [-0.2, 0) is 10.0 Å². The summed E-state index contributed by atoms with van der Waals surface area (Å²) in [6.07, 6.45) is 0. The second-order valence-corrected chi connectivity index (χ2v) is 7.81. The van der Waals surface area contributed by atoms with Crippen LogP contribution in [0.25, 0.3) is 10.6 Å². The Kier molecular flexibility index (Phi) is 5.38. The summed E-state index contributed by atoms with van der Waals surface area (Å²) >= 11 is 1.15. The maximum atomic E-state index is 12.5. The quantitative estimate of drug-likeness (QED) is 0.664. The third-order valence-electron chi connectivity index (χ3n) is 3.43. The number of ether oxygens (including phenoxy) is 2. The summed E-state index contributed by atoms with van der Waals surface area (Å²) in [4.78, 5) is 0.127. The van der Waals surface area contributed by atoms with Crippen molar-refractivity contribution in [1.82, 2.24) is 10.2 Å². The van der Waals surface area contributed by atoms with Gasteiger partial charge >= 0.3 is 0 Å². The Morgan fingerprint density at radius 2 is 1.65 bits per heavy atom. The van der Waals surface area contributed by atoms with Crippen molar-refractivity contribution < 1.29 is 17.9 Å². The number of sulfonamides is 1. The Morgan fingerprint density at radius 1 is 1.00 bits per heavy atom. The van der Waals surface area contributed by atoms with Crippen molar-refractivity contribution >= 4 is 26.5 Å². The molecule has 0 amide bonds. The summed E-state index contributed by atoms with van der Waals surface area (Å²) in [6, 6.07) is 13.5. The number of rotatable bonds is 7. The summed E-state index contributed by atoms with van der Waals surface area (Å²) in [7, 11) is -2.15. The predicted octanol–water partition coefficient (Wildman–Crippen LogP) is 3.41. The molecule has 3 aromatic rings. The predicted molar refractivity (Wildman–Crippen MR) is 100 cm³/mol. The van der Waals surface area contributed by atoms with Gasteiger partial charge in [0, 0.05) is 5.56 Å². The SMILES string of the molecule is CCOc1ccc(S(=O)(=O)Nc2nnc(-c3ccc(OC)cc3)s2)cc1. The van der Waals surface area contributed by atoms with Gasteiger partial charge in [0.05, 0.1) is 18.6 Å². The number of hydrogen-bond donors (Lipinski definition) is 1. The minimum atomic E-state index is -3.74. The van der Waals surface area contributed by atoms with Gasteiger partial charge < -0.3 is 9.47 Å².